The number of pyridine rings is 1. The highest BCUT2D eigenvalue weighted by Crippen LogP contribution is 2.36. The van der Waals surface area contributed by atoms with Crippen LogP contribution in [0.4, 0.5) is 4.79 Å². The average Bonchev–Trinajstić information content (AvgIpc) is 2.77. The molecule has 1 aromatic rings. The third-order valence-corrected chi connectivity index (χ3v) is 3.24. The van der Waals surface area contributed by atoms with E-state index in [-0.39, 0.29) is 23.7 Å². The van der Waals surface area contributed by atoms with Crippen molar-refractivity contribution in [1.82, 2.24) is 9.88 Å². The maximum Gasteiger partial charge on any atom is 0.407 e. The molecule has 1 atom stereocenters. The summed E-state index contributed by atoms with van der Waals surface area (Å²) in [7, 11) is 1.45. The molecule has 8 heteroatoms. The van der Waals surface area contributed by atoms with E-state index in [1.807, 2.05) is 0 Å². The van der Waals surface area contributed by atoms with E-state index in [1.54, 1.807) is 0 Å². The van der Waals surface area contributed by atoms with Crippen LogP contribution in [0.25, 0.3) is 0 Å². The van der Waals surface area contributed by atoms with Gasteiger partial charge in [0.05, 0.1) is 18.7 Å². The molecule has 19 heavy (non-hydrogen) atoms. The lowest BCUT2D eigenvalue weighted by Crippen LogP contribution is -2.29. The molecule has 2 heterocycles. The second kappa shape index (κ2) is 5.71. The molecule has 0 unspecified atom stereocenters. The number of aromatic nitrogens is 1. The molecule has 0 aromatic carbocycles. The van der Waals surface area contributed by atoms with Crippen LogP contribution in [0.15, 0.2) is 6.07 Å². The Balaban J connectivity index is 2.13. The van der Waals surface area contributed by atoms with Gasteiger partial charge in [-0.2, -0.15) is 4.98 Å². The van der Waals surface area contributed by atoms with Gasteiger partial charge in [0, 0.05) is 13.0 Å². The zero-order chi connectivity index (χ0) is 14.0. The number of likely N-dealkylation sites (tertiary alicyclic amines) is 1. The van der Waals surface area contributed by atoms with Gasteiger partial charge in [0.15, 0.2) is 5.75 Å². The average molecular weight is 307 g/mol. The van der Waals surface area contributed by atoms with E-state index in [2.05, 4.69) is 4.98 Å². The largest absolute Gasteiger partial charge is 0.490 e. The van der Waals surface area contributed by atoms with E-state index in [1.165, 1.54) is 18.1 Å². The molecule has 0 radical (unpaired) electrons. The molecule has 1 aliphatic rings. The number of methoxy groups -OCH3 is 1. The van der Waals surface area contributed by atoms with Crippen LogP contribution < -0.4 is 9.47 Å². The SMILES string of the molecule is COc1c(Cl)cc(Cl)nc1O[C@H]1CCN(C(=O)O)C1. The monoisotopic (exact) mass is 306 g/mol. The van der Waals surface area contributed by atoms with Crippen LogP contribution >= 0.6 is 23.2 Å². The Morgan fingerprint density at radius 2 is 2.32 bits per heavy atom. The minimum atomic E-state index is -0.963. The number of hydrogen-bond acceptors (Lipinski definition) is 4. The molecule has 1 aliphatic heterocycles. The number of carboxylic acid groups (broad SMARTS) is 1. The minimum absolute atomic E-state index is 0.178. The highest BCUT2D eigenvalue weighted by Gasteiger charge is 2.28. The summed E-state index contributed by atoms with van der Waals surface area (Å²) in [6, 6.07) is 1.45. The van der Waals surface area contributed by atoms with Crippen molar-refractivity contribution in [2.24, 2.45) is 0 Å². The topological polar surface area (TPSA) is 71.9 Å². The van der Waals surface area contributed by atoms with Crippen LogP contribution in [-0.4, -0.2) is 47.4 Å². The van der Waals surface area contributed by atoms with Crippen molar-refractivity contribution < 1.29 is 19.4 Å². The van der Waals surface area contributed by atoms with Gasteiger partial charge in [-0.05, 0) is 6.07 Å². The lowest BCUT2D eigenvalue weighted by Gasteiger charge is -2.16. The van der Waals surface area contributed by atoms with E-state index in [4.69, 9.17) is 37.8 Å². The predicted molar refractivity (Wildman–Crippen MR) is 69.4 cm³/mol. The number of amides is 1. The second-order valence-electron chi connectivity index (χ2n) is 4.02. The minimum Gasteiger partial charge on any atom is -0.490 e. The van der Waals surface area contributed by atoms with E-state index in [9.17, 15) is 4.79 Å². The van der Waals surface area contributed by atoms with E-state index in [0.29, 0.717) is 23.7 Å². The highest BCUT2D eigenvalue weighted by molar-refractivity contribution is 6.35. The van der Waals surface area contributed by atoms with Crippen molar-refractivity contribution in [1.29, 1.82) is 0 Å². The Kier molecular flexibility index (Phi) is 4.21. The van der Waals surface area contributed by atoms with Crippen LogP contribution in [0.1, 0.15) is 6.42 Å². The normalized spacial score (nSPS) is 18.5. The van der Waals surface area contributed by atoms with Gasteiger partial charge in [-0.25, -0.2) is 4.79 Å². The standard InChI is InChI=1S/C11H12Cl2N2O4/c1-18-9-7(12)4-8(13)14-10(9)19-6-2-3-15(5-6)11(16)17/h4,6H,2-3,5H2,1H3,(H,16,17)/t6-/m0/s1. The summed E-state index contributed by atoms with van der Waals surface area (Å²) in [4.78, 5) is 16.1. The molecule has 0 spiro atoms. The third-order valence-electron chi connectivity index (χ3n) is 2.76. The number of hydrogen-bond donors (Lipinski definition) is 1. The molecule has 1 amide bonds. The highest BCUT2D eigenvalue weighted by atomic mass is 35.5. The Hall–Kier alpha value is -1.40. The van der Waals surface area contributed by atoms with Crippen LogP contribution in [-0.2, 0) is 0 Å². The van der Waals surface area contributed by atoms with Gasteiger partial charge < -0.3 is 19.5 Å². The summed E-state index contributed by atoms with van der Waals surface area (Å²) in [6.07, 6.45) is -0.663. The van der Waals surface area contributed by atoms with Crippen LogP contribution in [0, 0.1) is 0 Å². The summed E-state index contributed by atoms with van der Waals surface area (Å²) >= 11 is 11.8. The fourth-order valence-electron chi connectivity index (χ4n) is 1.87. The van der Waals surface area contributed by atoms with E-state index >= 15 is 0 Å². The van der Waals surface area contributed by atoms with Crippen molar-refractivity contribution in [3.05, 3.63) is 16.2 Å². The van der Waals surface area contributed by atoms with Crippen molar-refractivity contribution in [3.63, 3.8) is 0 Å². The fraction of sp³-hybridized carbons (Fsp3) is 0.455. The summed E-state index contributed by atoms with van der Waals surface area (Å²) in [6.45, 7) is 0.709. The Morgan fingerprint density at radius 3 is 2.89 bits per heavy atom. The Bertz CT molecular complexity index is 498. The van der Waals surface area contributed by atoms with Crippen molar-refractivity contribution >= 4 is 29.3 Å². The summed E-state index contributed by atoms with van der Waals surface area (Å²) < 4.78 is 10.7. The second-order valence-corrected chi connectivity index (χ2v) is 4.82. The first kappa shape index (κ1) is 14.0. The maximum atomic E-state index is 10.8. The molecule has 0 bridgehead atoms. The fourth-order valence-corrected chi connectivity index (χ4v) is 2.38. The van der Waals surface area contributed by atoms with Gasteiger partial charge in [-0.15, -0.1) is 0 Å². The van der Waals surface area contributed by atoms with Crippen LogP contribution in [0.3, 0.4) is 0 Å². The van der Waals surface area contributed by atoms with Crippen molar-refractivity contribution in [2.45, 2.75) is 12.5 Å². The molecule has 1 aromatic heterocycles. The summed E-state index contributed by atoms with van der Waals surface area (Å²) in [5.74, 6) is 0.470. The molecule has 0 aliphatic carbocycles. The summed E-state index contributed by atoms with van der Waals surface area (Å²) in [5.41, 5.74) is 0. The van der Waals surface area contributed by atoms with Gasteiger partial charge in [0.25, 0.3) is 5.88 Å². The molecule has 1 N–H and O–H groups in total. The first-order valence-electron chi connectivity index (χ1n) is 5.56. The van der Waals surface area contributed by atoms with Gasteiger partial charge >= 0.3 is 6.09 Å². The van der Waals surface area contributed by atoms with Gasteiger partial charge in [-0.3, -0.25) is 0 Å². The van der Waals surface area contributed by atoms with E-state index < -0.39 is 6.09 Å². The molecular weight excluding hydrogens is 295 g/mol. The molecule has 2 rings (SSSR count). The zero-order valence-electron chi connectivity index (χ0n) is 10.1. The number of carbonyl (C=O) groups is 1. The van der Waals surface area contributed by atoms with Crippen molar-refractivity contribution in [2.75, 3.05) is 20.2 Å². The quantitative estimate of drug-likeness (QED) is 0.869. The third kappa shape index (κ3) is 3.13. The maximum absolute atomic E-state index is 10.8. The number of halogens is 2. The van der Waals surface area contributed by atoms with Gasteiger partial charge in [0.1, 0.15) is 11.3 Å². The Morgan fingerprint density at radius 1 is 1.58 bits per heavy atom. The van der Waals surface area contributed by atoms with Crippen LogP contribution in [0.2, 0.25) is 10.2 Å². The molecular formula is C11H12Cl2N2O4. The van der Waals surface area contributed by atoms with Gasteiger partial charge in [-0.1, -0.05) is 23.2 Å². The van der Waals surface area contributed by atoms with Crippen LogP contribution in [0.5, 0.6) is 11.6 Å². The molecule has 6 nitrogen and oxygen atoms in total. The van der Waals surface area contributed by atoms with Crippen molar-refractivity contribution in [3.8, 4) is 11.6 Å². The first-order valence-corrected chi connectivity index (χ1v) is 6.31. The zero-order valence-corrected chi connectivity index (χ0v) is 11.6. The smallest absolute Gasteiger partial charge is 0.407 e. The predicted octanol–water partition coefficient (Wildman–Crippen LogP) is 2.53. The lowest BCUT2D eigenvalue weighted by atomic mass is 10.3. The Labute approximate surface area is 119 Å². The summed E-state index contributed by atoms with van der Waals surface area (Å²) in [5, 5.41) is 9.36. The first-order chi connectivity index (χ1) is 9.01. The number of ether oxygens (including phenoxy) is 2. The number of rotatable bonds is 3. The molecule has 1 saturated heterocycles. The lowest BCUT2D eigenvalue weighted by molar-refractivity contribution is 0.143. The number of nitrogens with zero attached hydrogens (tertiary/aromatic N) is 2. The molecule has 1 fully saturated rings. The van der Waals surface area contributed by atoms with Gasteiger partial charge in [0.2, 0.25) is 0 Å². The van der Waals surface area contributed by atoms with E-state index in [0.717, 1.165) is 0 Å². The molecule has 0 saturated carbocycles. The molecule has 104 valence electrons.